The molecule has 0 aromatic heterocycles. The molecule has 0 heterocycles. The summed E-state index contributed by atoms with van der Waals surface area (Å²) in [4.78, 5) is 10.6. The van der Waals surface area contributed by atoms with Crippen molar-refractivity contribution in [3.8, 4) is 0 Å². The Morgan fingerprint density at radius 2 is 1.35 bits per heavy atom. The molecule has 20 heavy (non-hydrogen) atoms. The summed E-state index contributed by atoms with van der Waals surface area (Å²) >= 11 is 0. The van der Waals surface area contributed by atoms with E-state index in [0.29, 0.717) is 5.92 Å². The third-order valence-corrected chi connectivity index (χ3v) is 6.09. The molecule has 0 aromatic carbocycles. The molecule has 2 rings (SSSR count). The van der Waals surface area contributed by atoms with Crippen molar-refractivity contribution < 1.29 is 4.79 Å². The lowest BCUT2D eigenvalue weighted by molar-refractivity contribution is -0.108. The second-order valence-corrected chi connectivity index (χ2v) is 7.46. The van der Waals surface area contributed by atoms with Gasteiger partial charge in [0.15, 0.2) is 0 Å². The van der Waals surface area contributed by atoms with Gasteiger partial charge < -0.3 is 4.79 Å². The molecule has 2 aliphatic rings. The summed E-state index contributed by atoms with van der Waals surface area (Å²) in [5.41, 5.74) is 0. The summed E-state index contributed by atoms with van der Waals surface area (Å²) in [6.07, 6.45) is 19.1. The van der Waals surface area contributed by atoms with Crippen LogP contribution in [0.5, 0.6) is 0 Å². The molecule has 0 unspecified atom stereocenters. The molecule has 0 radical (unpaired) electrons. The molecule has 0 spiro atoms. The van der Waals surface area contributed by atoms with E-state index < -0.39 is 0 Å². The van der Waals surface area contributed by atoms with E-state index in [-0.39, 0.29) is 0 Å². The summed E-state index contributed by atoms with van der Waals surface area (Å²) in [6, 6.07) is 0. The monoisotopic (exact) mass is 278 g/mol. The van der Waals surface area contributed by atoms with Crippen LogP contribution in [-0.4, -0.2) is 6.29 Å². The second kappa shape index (κ2) is 8.85. The molecule has 116 valence electrons. The van der Waals surface area contributed by atoms with Gasteiger partial charge in [0, 0.05) is 6.42 Å². The van der Waals surface area contributed by atoms with Crippen molar-refractivity contribution in [1.82, 2.24) is 0 Å². The van der Waals surface area contributed by atoms with Gasteiger partial charge in [-0.2, -0.15) is 0 Å². The highest BCUT2D eigenvalue weighted by atomic mass is 16.1. The first-order valence-corrected chi connectivity index (χ1v) is 9.27. The van der Waals surface area contributed by atoms with Gasteiger partial charge in [-0.1, -0.05) is 45.4 Å². The molecule has 0 amide bonds. The molecule has 0 bridgehead atoms. The predicted molar refractivity (Wildman–Crippen MR) is 85.7 cm³/mol. The van der Waals surface area contributed by atoms with E-state index in [9.17, 15) is 4.79 Å². The maximum atomic E-state index is 10.6. The number of hydrogen-bond acceptors (Lipinski definition) is 1. The highest BCUT2D eigenvalue weighted by molar-refractivity contribution is 5.49. The molecule has 0 atom stereocenters. The van der Waals surface area contributed by atoms with Gasteiger partial charge in [0.25, 0.3) is 0 Å². The standard InChI is InChI=1S/C19H34O/c1-2-3-4-5-16-6-10-18(11-7-16)19-12-8-17(9-13-19)14-15-20/h15-19H,2-14H2,1H3/t16-,17-,18-,19-. The van der Waals surface area contributed by atoms with Crippen LogP contribution in [0.3, 0.4) is 0 Å². The summed E-state index contributed by atoms with van der Waals surface area (Å²) < 4.78 is 0. The fourth-order valence-electron chi connectivity index (χ4n) is 4.66. The van der Waals surface area contributed by atoms with Crippen LogP contribution in [0, 0.1) is 23.7 Å². The predicted octanol–water partition coefficient (Wildman–Crippen LogP) is 5.77. The summed E-state index contributed by atoms with van der Waals surface area (Å²) in [5.74, 6) is 3.78. The molecule has 0 aliphatic heterocycles. The lowest BCUT2D eigenvalue weighted by Gasteiger charge is -2.37. The number of unbranched alkanes of at least 4 members (excludes halogenated alkanes) is 2. The van der Waals surface area contributed by atoms with Crippen LogP contribution in [0.25, 0.3) is 0 Å². The number of carbonyl (C=O) groups excluding carboxylic acids is 1. The molecule has 0 aromatic rings. The van der Waals surface area contributed by atoms with Crippen molar-refractivity contribution in [2.24, 2.45) is 23.7 Å². The highest BCUT2D eigenvalue weighted by Gasteiger charge is 2.30. The number of rotatable bonds is 7. The van der Waals surface area contributed by atoms with E-state index in [0.717, 1.165) is 30.5 Å². The van der Waals surface area contributed by atoms with Gasteiger partial charge in [0.2, 0.25) is 0 Å². The zero-order valence-corrected chi connectivity index (χ0v) is 13.5. The van der Waals surface area contributed by atoms with Gasteiger partial charge >= 0.3 is 0 Å². The normalized spacial score (nSPS) is 34.9. The summed E-state index contributed by atoms with van der Waals surface area (Å²) in [5, 5.41) is 0. The SMILES string of the molecule is CCCCC[C@H]1CC[C@H]([C@H]2CC[C@H](CC=O)CC2)CC1. The minimum absolute atomic E-state index is 0.717. The van der Waals surface area contributed by atoms with Crippen LogP contribution in [-0.2, 0) is 4.79 Å². The third kappa shape index (κ3) is 4.90. The third-order valence-electron chi connectivity index (χ3n) is 6.09. The Labute approximate surface area is 125 Å². The number of hydrogen-bond donors (Lipinski definition) is 0. The zero-order chi connectivity index (χ0) is 14.2. The Morgan fingerprint density at radius 3 is 1.85 bits per heavy atom. The van der Waals surface area contributed by atoms with Gasteiger partial charge in [0.05, 0.1) is 0 Å². The number of carbonyl (C=O) groups is 1. The van der Waals surface area contributed by atoms with Crippen molar-refractivity contribution in [3.63, 3.8) is 0 Å². The fourth-order valence-corrected chi connectivity index (χ4v) is 4.66. The minimum atomic E-state index is 0.717. The quantitative estimate of drug-likeness (QED) is 0.427. The van der Waals surface area contributed by atoms with Crippen LogP contribution in [0.2, 0.25) is 0 Å². The molecule has 2 saturated carbocycles. The first kappa shape index (κ1) is 16.0. The maximum Gasteiger partial charge on any atom is 0.120 e. The minimum Gasteiger partial charge on any atom is -0.303 e. The van der Waals surface area contributed by atoms with E-state index >= 15 is 0 Å². The van der Waals surface area contributed by atoms with Gasteiger partial charge in [-0.05, 0) is 62.2 Å². The summed E-state index contributed by atoms with van der Waals surface area (Å²) in [6.45, 7) is 2.30. The van der Waals surface area contributed by atoms with E-state index in [2.05, 4.69) is 6.92 Å². The lowest BCUT2D eigenvalue weighted by atomic mass is 9.68. The molecule has 2 fully saturated rings. The largest absolute Gasteiger partial charge is 0.303 e. The lowest BCUT2D eigenvalue weighted by Crippen LogP contribution is -2.26. The first-order chi connectivity index (χ1) is 9.83. The average molecular weight is 278 g/mol. The molecular weight excluding hydrogens is 244 g/mol. The van der Waals surface area contributed by atoms with E-state index in [4.69, 9.17) is 0 Å². The van der Waals surface area contributed by atoms with Crippen LogP contribution < -0.4 is 0 Å². The first-order valence-electron chi connectivity index (χ1n) is 9.27. The Bertz CT molecular complexity index is 257. The Hall–Kier alpha value is -0.330. The van der Waals surface area contributed by atoms with E-state index in [1.807, 2.05) is 0 Å². The molecule has 2 aliphatic carbocycles. The van der Waals surface area contributed by atoms with Crippen molar-refractivity contribution in [3.05, 3.63) is 0 Å². The van der Waals surface area contributed by atoms with Crippen LogP contribution in [0.4, 0.5) is 0 Å². The van der Waals surface area contributed by atoms with Crippen LogP contribution in [0.1, 0.15) is 90.4 Å². The Morgan fingerprint density at radius 1 is 0.800 bits per heavy atom. The maximum absolute atomic E-state index is 10.6. The fraction of sp³-hybridized carbons (Fsp3) is 0.947. The average Bonchev–Trinajstić information content (AvgIpc) is 2.49. The van der Waals surface area contributed by atoms with Crippen molar-refractivity contribution in [2.75, 3.05) is 0 Å². The van der Waals surface area contributed by atoms with E-state index in [1.54, 1.807) is 0 Å². The van der Waals surface area contributed by atoms with Crippen molar-refractivity contribution in [1.29, 1.82) is 0 Å². The van der Waals surface area contributed by atoms with Gasteiger partial charge in [-0.3, -0.25) is 0 Å². The van der Waals surface area contributed by atoms with Crippen LogP contribution >= 0.6 is 0 Å². The van der Waals surface area contributed by atoms with Gasteiger partial charge in [-0.25, -0.2) is 0 Å². The smallest absolute Gasteiger partial charge is 0.120 e. The zero-order valence-electron chi connectivity index (χ0n) is 13.5. The summed E-state index contributed by atoms with van der Waals surface area (Å²) in [7, 11) is 0. The number of aldehydes is 1. The second-order valence-electron chi connectivity index (χ2n) is 7.46. The molecule has 0 saturated heterocycles. The van der Waals surface area contributed by atoms with Crippen molar-refractivity contribution in [2.45, 2.75) is 90.4 Å². The van der Waals surface area contributed by atoms with Crippen molar-refractivity contribution >= 4 is 6.29 Å². The molecule has 0 N–H and O–H groups in total. The Kier molecular flexibility index (Phi) is 7.10. The van der Waals surface area contributed by atoms with Gasteiger partial charge in [-0.15, -0.1) is 0 Å². The van der Waals surface area contributed by atoms with Gasteiger partial charge in [0.1, 0.15) is 6.29 Å². The molecule has 1 heteroatoms. The van der Waals surface area contributed by atoms with E-state index in [1.165, 1.54) is 77.0 Å². The molecular formula is C19H34O. The van der Waals surface area contributed by atoms with Crippen LogP contribution in [0.15, 0.2) is 0 Å². The highest BCUT2D eigenvalue weighted by Crippen LogP contribution is 2.42. The Balaban J connectivity index is 1.63. The topological polar surface area (TPSA) is 17.1 Å². The molecule has 1 nitrogen and oxygen atoms in total.